The van der Waals surface area contributed by atoms with Crippen molar-refractivity contribution in [1.29, 1.82) is 0 Å². The first-order valence-corrected chi connectivity index (χ1v) is 7.59. The van der Waals surface area contributed by atoms with Crippen LogP contribution in [-0.2, 0) is 0 Å². The third kappa shape index (κ3) is 4.56. The van der Waals surface area contributed by atoms with Gasteiger partial charge in [0.1, 0.15) is 0 Å². The van der Waals surface area contributed by atoms with Crippen LogP contribution in [0.2, 0.25) is 0 Å². The van der Waals surface area contributed by atoms with E-state index in [-0.39, 0.29) is 18.1 Å². The first kappa shape index (κ1) is 15.5. The summed E-state index contributed by atoms with van der Waals surface area (Å²) in [6, 6.07) is 13.1. The highest BCUT2D eigenvalue weighted by molar-refractivity contribution is 9.10. The van der Waals surface area contributed by atoms with Gasteiger partial charge in [-0.25, -0.2) is 4.79 Å². The van der Waals surface area contributed by atoms with Crippen LogP contribution >= 0.6 is 15.9 Å². The standard InChI is InChI=1S/C16H18BrN3O/c1-11(13-6-8-14(17)9-7-13)19-16(21)20-12(2)15-5-3-4-10-18-15/h3-12H,1-2H3,(H2,19,20,21). The molecule has 1 aromatic carbocycles. The Morgan fingerprint density at radius 2 is 1.71 bits per heavy atom. The normalized spacial score (nSPS) is 13.3. The summed E-state index contributed by atoms with van der Waals surface area (Å²) in [7, 11) is 0. The highest BCUT2D eigenvalue weighted by Crippen LogP contribution is 2.16. The zero-order valence-corrected chi connectivity index (χ0v) is 13.6. The Morgan fingerprint density at radius 3 is 2.33 bits per heavy atom. The van der Waals surface area contributed by atoms with E-state index in [0.717, 1.165) is 15.7 Å². The number of hydrogen-bond donors (Lipinski definition) is 2. The van der Waals surface area contributed by atoms with E-state index in [9.17, 15) is 4.79 Å². The summed E-state index contributed by atoms with van der Waals surface area (Å²) in [5.74, 6) is 0. The first-order valence-electron chi connectivity index (χ1n) is 6.79. The van der Waals surface area contributed by atoms with Crippen LogP contribution in [0.15, 0.2) is 53.1 Å². The quantitative estimate of drug-likeness (QED) is 0.879. The number of nitrogens with one attached hydrogen (secondary N) is 2. The molecule has 110 valence electrons. The predicted molar refractivity (Wildman–Crippen MR) is 86.9 cm³/mol. The minimum atomic E-state index is -0.205. The average Bonchev–Trinajstić information content (AvgIpc) is 2.48. The lowest BCUT2D eigenvalue weighted by atomic mass is 10.1. The van der Waals surface area contributed by atoms with Crippen LogP contribution in [0.25, 0.3) is 0 Å². The lowest BCUT2D eigenvalue weighted by molar-refractivity contribution is 0.234. The molecule has 1 aromatic heterocycles. The Morgan fingerprint density at radius 1 is 1.05 bits per heavy atom. The lowest BCUT2D eigenvalue weighted by Crippen LogP contribution is -2.38. The fourth-order valence-electron chi connectivity index (χ4n) is 1.98. The van der Waals surface area contributed by atoms with Gasteiger partial charge in [-0.3, -0.25) is 4.98 Å². The molecule has 5 heteroatoms. The molecule has 0 fully saturated rings. The molecular formula is C16H18BrN3O. The Balaban J connectivity index is 1.91. The maximum absolute atomic E-state index is 12.0. The second kappa shape index (κ2) is 7.22. The van der Waals surface area contributed by atoms with Crippen molar-refractivity contribution in [1.82, 2.24) is 15.6 Å². The number of halogens is 1. The van der Waals surface area contributed by atoms with E-state index in [0.29, 0.717) is 0 Å². The predicted octanol–water partition coefficient (Wildman–Crippen LogP) is 3.97. The molecule has 0 spiro atoms. The van der Waals surface area contributed by atoms with Crippen LogP contribution in [0, 0.1) is 0 Å². The molecule has 0 aliphatic carbocycles. The van der Waals surface area contributed by atoms with E-state index in [4.69, 9.17) is 0 Å². The van der Waals surface area contributed by atoms with Gasteiger partial charge in [0.05, 0.1) is 17.8 Å². The number of pyridine rings is 1. The smallest absolute Gasteiger partial charge is 0.315 e. The minimum Gasteiger partial charge on any atom is -0.332 e. The molecule has 2 unspecified atom stereocenters. The van der Waals surface area contributed by atoms with E-state index in [2.05, 4.69) is 31.5 Å². The van der Waals surface area contributed by atoms with Gasteiger partial charge in [0.2, 0.25) is 0 Å². The molecule has 4 nitrogen and oxygen atoms in total. The summed E-state index contributed by atoms with van der Waals surface area (Å²) in [6.07, 6.45) is 1.72. The zero-order valence-electron chi connectivity index (χ0n) is 12.0. The third-order valence-electron chi connectivity index (χ3n) is 3.20. The molecule has 2 aromatic rings. The largest absolute Gasteiger partial charge is 0.332 e. The van der Waals surface area contributed by atoms with Gasteiger partial charge in [0.25, 0.3) is 0 Å². The SMILES string of the molecule is CC(NC(=O)NC(C)c1ccccn1)c1ccc(Br)cc1. The van der Waals surface area contributed by atoms with Gasteiger partial charge < -0.3 is 10.6 Å². The summed E-state index contributed by atoms with van der Waals surface area (Å²) in [5.41, 5.74) is 1.89. The van der Waals surface area contributed by atoms with Crippen LogP contribution in [0.5, 0.6) is 0 Å². The van der Waals surface area contributed by atoms with Gasteiger partial charge in [-0.1, -0.05) is 34.1 Å². The van der Waals surface area contributed by atoms with Crippen molar-refractivity contribution in [2.24, 2.45) is 0 Å². The molecule has 0 radical (unpaired) electrons. The molecule has 2 atom stereocenters. The van der Waals surface area contributed by atoms with Crippen molar-refractivity contribution in [3.63, 3.8) is 0 Å². The summed E-state index contributed by atoms with van der Waals surface area (Å²) in [5, 5.41) is 5.81. The molecule has 0 saturated heterocycles. The monoisotopic (exact) mass is 347 g/mol. The Hall–Kier alpha value is -1.88. The van der Waals surface area contributed by atoms with Gasteiger partial charge in [0, 0.05) is 10.7 Å². The molecule has 2 amide bonds. The van der Waals surface area contributed by atoms with E-state index in [1.165, 1.54) is 0 Å². The zero-order chi connectivity index (χ0) is 15.2. The van der Waals surface area contributed by atoms with Crippen LogP contribution in [0.3, 0.4) is 0 Å². The van der Waals surface area contributed by atoms with Crippen molar-refractivity contribution in [3.05, 3.63) is 64.4 Å². The number of hydrogen-bond acceptors (Lipinski definition) is 2. The molecule has 21 heavy (non-hydrogen) atoms. The van der Waals surface area contributed by atoms with Gasteiger partial charge in [-0.2, -0.15) is 0 Å². The number of carbonyl (C=O) groups is 1. The summed E-state index contributed by atoms with van der Waals surface area (Å²) in [6.45, 7) is 3.86. The maximum Gasteiger partial charge on any atom is 0.315 e. The summed E-state index contributed by atoms with van der Waals surface area (Å²) < 4.78 is 1.02. The molecule has 0 saturated carbocycles. The van der Waals surface area contributed by atoms with Crippen LogP contribution < -0.4 is 10.6 Å². The topological polar surface area (TPSA) is 54.0 Å². The number of urea groups is 1. The Labute approximate surface area is 133 Å². The molecular weight excluding hydrogens is 330 g/mol. The first-order chi connectivity index (χ1) is 10.1. The molecule has 0 aliphatic rings. The van der Waals surface area contributed by atoms with Crippen LogP contribution in [-0.4, -0.2) is 11.0 Å². The van der Waals surface area contributed by atoms with E-state index in [1.54, 1.807) is 6.20 Å². The lowest BCUT2D eigenvalue weighted by Gasteiger charge is -2.18. The highest BCUT2D eigenvalue weighted by Gasteiger charge is 2.13. The van der Waals surface area contributed by atoms with Gasteiger partial charge in [-0.15, -0.1) is 0 Å². The fourth-order valence-corrected chi connectivity index (χ4v) is 2.24. The third-order valence-corrected chi connectivity index (χ3v) is 3.73. The second-order valence-electron chi connectivity index (χ2n) is 4.87. The van der Waals surface area contributed by atoms with Gasteiger partial charge in [-0.05, 0) is 43.7 Å². The highest BCUT2D eigenvalue weighted by atomic mass is 79.9. The molecule has 1 heterocycles. The molecule has 2 rings (SSSR count). The van der Waals surface area contributed by atoms with Gasteiger partial charge in [0.15, 0.2) is 0 Å². The maximum atomic E-state index is 12.0. The Kier molecular flexibility index (Phi) is 5.33. The van der Waals surface area contributed by atoms with E-state index >= 15 is 0 Å². The number of nitrogens with zero attached hydrogens (tertiary/aromatic N) is 1. The molecule has 2 N–H and O–H groups in total. The van der Waals surface area contributed by atoms with Crippen molar-refractivity contribution in [2.45, 2.75) is 25.9 Å². The van der Waals surface area contributed by atoms with Crippen LogP contribution in [0.4, 0.5) is 4.79 Å². The number of aromatic nitrogens is 1. The summed E-state index contributed by atoms with van der Waals surface area (Å²) in [4.78, 5) is 16.2. The van der Waals surface area contributed by atoms with Crippen molar-refractivity contribution in [2.75, 3.05) is 0 Å². The Bertz CT molecular complexity index is 586. The van der Waals surface area contributed by atoms with E-state index < -0.39 is 0 Å². The minimum absolute atomic E-state index is 0.0611. The summed E-state index contributed by atoms with van der Waals surface area (Å²) >= 11 is 3.40. The second-order valence-corrected chi connectivity index (χ2v) is 5.78. The number of carbonyl (C=O) groups excluding carboxylic acids is 1. The van der Waals surface area contributed by atoms with Crippen molar-refractivity contribution in [3.8, 4) is 0 Å². The average molecular weight is 348 g/mol. The molecule has 0 bridgehead atoms. The van der Waals surface area contributed by atoms with Crippen molar-refractivity contribution < 1.29 is 4.79 Å². The van der Waals surface area contributed by atoms with Crippen molar-refractivity contribution >= 4 is 22.0 Å². The fraction of sp³-hybridized carbons (Fsp3) is 0.250. The number of rotatable bonds is 4. The number of amides is 2. The van der Waals surface area contributed by atoms with Crippen LogP contribution in [0.1, 0.15) is 37.2 Å². The van der Waals surface area contributed by atoms with E-state index in [1.807, 2.05) is 56.3 Å². The number of benzene rings is 1. The van der Waals surface area contributed by atoms with Gasteiger partial charge >= 0.3 is 6.03 Å². The molecule has 0 aliphatic heterocycles.